The molecule has 1 aromatic heterocycles. The molecule has 2 amide bonds. The summed E-state index contributed by atoms with van der Waals surface area (Å²) in [5.74, 6) is -0.584. The monoisotopic (exact) mass is 226 g/mol. The number of unbranched alkanes of at least 4 members (excludes halogenated alkanes) is 1. The number of anilines is 1. The Morgan fingerprint density at radius 2 is 2.20 bits per heavy atom. The minimum atomic E-state index is -0.512. The van der Waals surface area contributed by atoms with Crippen molar-refractivity contribution in [2.24, 2.45) is 5.73 Å². The van der Waals surface area contributed by atoms with E-state index in [0.29, 0.717) is 17.7 Å². The van der Waals surface area contributed by atoms with Gasteiger partial charge in [-0.15, -0.1) is 11.3 Å². The maximum absolute atomic E-state index is 11.4. The first-order chi connectivity index (χ1) is 7.15. The van der Waals surface area contributed by atoms with E-state index in [0.717, 1.165) is 12.8 Å². The van der Waals surface area contributed by atoms with Crippen LogP contribution in [0.25, 0.3) is 0 Å². The summed E-state index contributed by atoms with van der Waals surface area (Å²) in [6.07, 6.45) is 2.30. The second-order valence-corrected chi connectivity index (χ2v) is 3.96. The number of carbonyl (C=O) groups excluding carboxylic acids is 2. The van der Waals surface area contributed by atoms with E-state index in [9.17, 15) is 9.59 Å². The average molecular weight is 226 g/mol. The molecular weight excluding hydrogens is 212 g/mol. The molecule has 5 heteroatoms. The van der Waals surface area contributed by atoms with Crippen LogP contribution >= 0.6 is 11.3 Å². The summed E-state index contributed by atoms with van der Waals surface area (Å²) in [7, 11) is 0. The number of nitrogens with one attached hydrogen (secondary N) is 1. The van der Waals surface area contributed by atoms with Gasteiger partial charge in [0.25, 0.3) is 5.91 Å². The lowest BCUT2D eigenvalue weighted by Crippen LogP contribution is -2.16. The number of hydrogen-bond acceptors (Lipinski definition) is 3. The molecule has 0 aliphatic carbocycles. The van der Waals surface area contributed by atoms with Gasteiger partial charge in [0.1, 0.15) is 0 Å². The summed E-state index contributed by atoms with van der Waals surface area (Å²) in [5, 5.41) is 6.03. The number of thiophene rings is 1. The Kier molecular flexibility index (Phi) is 4.30. The van der Waals surface area contributed by atoms with Crippen molar-refractivity contribution in [3.8, 4) is 0 Å². The molecule has 0 spiro atoms. The number of rotatable bonds is 5. The van der Waals surface area contributed by atoms with Crippen LogP contribution < -0.4 is 11.1 Å². The largest absolute Gasteiger partial charge is 0.366 e. The highest BCUT2D eigenvalue weighted by molar-refractivity contribution is 7.08. The van der Waals surface area contributed by atoms with E-state index in [-0.39, 0.29) is 5.91 Å². The summed E-state index contributed by atoms with van der Waals surface area (Å²) in [5.41, 5.74) is 6.05. The highest BCUT2D eigenvalue weighted by Crippen LogP contribution is 2.20. The normalized spacial score (nSPS) is 9.93. The van der Waals surface area contributed by atoms with Gasteiger partial charge in [-0.05, 0) is 6.42 Å². The highest BCUT2D eigenvalue weighted by Gasteiger charge is 2.11. The minimum absolute atomic E-state index is 0.0715. The van der Waals surface area contributed by atoms with Crippen LogP contribution in [0, 0.1) is 0 Å². The molecule has 0 bridgehead atoms. The molecule has 0 aliphatic heterocycles. The number of primary amides is 1. The molecule has 15 heavy (non-hydrogen) atoms. The highest BCUT2D eigenvalue weighted by atomic mass is 32.1. The molecular formula is C10H14N2O2S. The Bertz CT molecular complexity index is 360. The van der Waals surface area contributed by atoms with Gasteiger partial charge in [-0.2, -0.15) is 0 Å². The molecule has 82 valence electrons. The van der Waals surface area contributed by atoms with Gasteiger partial charge < -0.3 is 11.1 Å². The molecule has 0 unspecified atom stereocenters. The Labute approximate surface area is 92.5 Å². The number of amides is 2. The van der Waals surface area contributed by atoms with Gasteiger partial charge in [-0.25, -0.2) is 0 Å². The van der Waals surface area contributed by atoms with Crippen molar-refractivity contribution < 1.29 is 9.59 Å². The van der Waals surface area contributed by atoms with Crippen molar-refractivity contribution in [2.75, 3.05) is 5.32 Å². The molecule has 1 heterocycles. The predicted molar refractivity (Wildman–Crippen MR) is 61.0 cm³/mol. The zero-order valence-electron chi connectivity index (χ0n) is 8.58. The first kappa shape index (κ1) is 11.7. The second-order valence-electron chi connectivity index (χ2n) is 3.22. The smallest absolute Gasteiger partial charge is 0.251 e. The number of nitrogens with two attached hydrogens (primary N) is 1. The zero-order valence-corrected chi connectivity index (χ0v) is 9.39. The quantitative estimate of drug-likeness (QED) is 0.805. The minimum Gasteiger partial charge on any atom is -0.366 e. The molecule has 1 aromatic rings. The van der Waals surface area contributed by atoms with E-state index in [2.05, 4.69) is 5.32 Å². The van der Waals surface area contributed by atoms with E-state index in [4.69, 9.17) is 5.73 Å². The molecule has 0 saturated heterocycles. The SMILES string of the molecule is CCCCC(=O)Nc1cscc1C(N)=O. The Hall–Kier alpha value is -1.36. The third-order valence-corrected chi connectivity index (χ3v) is 2.70. The molecule has 1 rings (SSSR count). The Morgan fingerprint density at radius 3 is 2.80 bits per heavy atom. The summed E-state index contributed by atoms with van der Waals surface area (Å²) < 4.78 is 0. The second kappa shape index (κ2) is 5.50. The van der Waals surface area contributed by atoms with Gasteiger partial charge in [0, 0.05) is 17.2 Å². The van der Waals surface area contributed by atoms with E-state index in [1.807, 2.05) is 6.92 Å². The molecule has 3 N–H and O–H groups in total. The molecule has 0 saturated carbocycles. The van der Waals surface area contributed by atoms with Crippen molar-refractivity contribution in [1.82, 2.24) is 0 Å². The van der Waals surface area contributed by atoms with E-state index in [1.54, 1.807) is 10.8 Å². The summed E-state index contributed by atoms with van der Waals surface area (Å²) >= 11 is 1.34. The van der Waals surface area contributed by atoms with Gasteiger partial charge in [0.15, 0.2) is 0 Å². The van der Waals surface area contributed by atoms with Crippen LogP contribution in [-0.2, 0) is 4.79 Å². The van der Waals surface area contributed by atoms with Crippen LogP contribution in [0.4, 0.5) is 5.69 Å². The third-order valence-electron chi connectivity index (χ3n) is 1.96. The van der Waals surface area contributed by atoms with Gasteiger partial charge in [-0.3, -0.25) is 9.59 Å². The molecule has 0 fully saturated rings. The summed E-state index contributed by atoms with van der Waals surface area (Å²) in [4.78, 5) is 22.3. The van der Waals surface area contributed by atoms with Gasteiger partial charge in [0.2, 0.25) is 5.91 Å². The maximum Gasteiger partial charge on any atom is 0.251 e. The van der Waals surface area contributed by atoms with Crippen molar-refractivity contribution in [1.29, 1.82) is 0 Å². The molecule has 0 atom stereocenters. The lowest BCUT2D eigenvalue weighted by atomic mass is 10.2. The first-order valence-electron chi connectivity index (χ1n) is 4.81. The van der Waals surface area contributed by atoms with Crippen molar-refractivity contribution >= 4 is 28.8 Å². The van der Waals surface area contributed by atoms with Crippen LogP contribution in [-0.4, -0.2) is 11.8 Å². The first-order valence-corrected chi connectivity index (χ1v) is 5.75. The van der Waals surface area contributed by atoms with Crippen LogP contribution in [0.1, 0.15) is 36.5 Å². The lowest BCUT2D eigenvalue weighted by molar-refractivity contribution is -0.116. The molecule has 4 nitrogen and oxygen atoms in total. The molecule has 0 aromatic carbocycles. The molecule has 0 aliphatic rings. The van der Waals surface area contributed by atoms with E-state index in [1.165, 1.54) is 11.3 Å². The molecule has 0 radical (unpaired) electrons. The van der Waals surface area contributed by atoms with Crippen LogP contribution in [0.15, 0.2) is 10.8 Å². The van der Waals surface area contributed by atoms with E-state index >= 15 is 0 Å². The van der Waals surface area contributed by atoms with Crippen molar-refractivity contribution in [3.05, 3.63) is 16.3 Å². The Balaban J connectivity index is 2.60. The fraction of sp³-hybridized carbons (Fsp3) is 0.400. The van der Waals surface area contributed by atoms with Crippen LogP contribution in [0.3, 0.4) is 0 Å². The lowest BCUT2D eigenvalue weighted by Gasteiger charge is -2.03. The van der Waals surface area contributed by atoms with Gasteiger partial charge >= 0.3 is 0 Å². The zero-order chi connectivity index (χ0) is 11.3. The predicted octanol–water partition coefficient (Wildman–Crippen LogP) is 1.98. The summed E-state index contributed by atoms with van der Waals surface area (Å²) in [6, 6.07) is 0. The average Bonchev–Trinajstić information content (AvgIpc) is 2.62. The van der Waals surface area contributed by atoms with Gasteiger partial charge in [0.05, 0.1) is 11.3 Å². The number of carbonyl (C=O) groups is 2. The van der Waals surface area contributed by atoms with Crippen molar-refractivity contribution in [3.63, 3.8) is 0 Å². The third kappa shape index (κ3) is 3.36. The van der Waals surface area contributed by atoms with Gasteiger partial charge in [-0.1, -0.05) is 13.3 Å². The van der Waals surface area contributed by atoms with Crippen LogP contribution in [0.2, 0.25) is 0 Å². The topological polar surface area (TPSA) is 72.2 Å². The fourth-order valence-corrected chi connectivity index (χ4v) is 1.90. The van der Waals surface area contributed by atoms with Crippen LogP contribution in [0.5, 0.6) is 0 Å². The fourth-order valence-electron chi connectivity index (χ4n) is 1.13. The maximum atomic E-state index is 11.4. The summed E-state index contributed by atoms with van der Waals surface area (Å²) in [6.45, 7) is 2.02. The van der Waals surface area contributed by atoms with E-state index < -0.39 is 5.91 Å². The number of hydrogen-bond donors (Lipinski definition) is 2. The standard InChI is InChI=1S/C10H14N2O2S/c1-2-3-4-9(13)12-8-6-15-5-7(8)10(11)14/h5-6H,2-4H2,1H3,(H2,11,14)(H,12,13). The Morgan fingerprint density at radius 1 is 1.47 bits per heavy atom. The van der Waals surface area contributed by atoms with Crippen molar-refractivity contribution in [2.45, 2.75) is 26.2 Å².